The molecule has 2 aliphatic heterocycles. The Hall–Kier alpha value is -3.19. The van der Waals surface area contributed by atoms with E-state index in [1.807, 2.05) is 0 Å². The second kappa shape index (κ2) is 9.53. The zero-order valence-electron chi connectivity index (χ0n) is 21.2. The highest BCUT2D eigenvalue weighted by atomic mass is 32.2. The Kier molecular flexibility index (Phi) is 6.62. The van der Waals surface area contributed by atoms with Crippen LogP contribution in [0.4, 0.5) is 36.4 Å². The number of anilines is 4. The average Bonchev–Trinajstić information content (AvgIpc) is 2.80. The monoisotopic (exact) mass is 550 g/mol. The molecule has 4 heterocycles. The maximum atomic E-state index is 14.8. The number of aromatic nitrogens is 3. The molecule has 2 aliphatic rings. The predicted octanol–water partition coefficient (Wildman–Crippen LogP) is 3.07. The molecular weight excluding hydrogens is 521 g/mol. The van der Waals surface area contributed by atoms with Crippen molar-refractivity contribution in [2.45, 2.75) is 26.1 Å². The highest BCUT2D eigenvalue weighted by molar-refractivity contribution is 7.90. The van der Waals surface area contributed by atoms with Crippen LogP contribution in [-0.4, -0.2) is 78.9 Å². The molecule has 3 aromatic rings. The Labute approximate surface area is 218 Å². The van der Waals surface area contributed by atoms with E-state index in [-0.39, 0.29) is 46.4 Å². The van der Waals surface area contributed by atoms with Crippen molar-refractivity contribution in [1.82, 2.24) is 15.0 Å². The number of benzene rings is 1. The van der Waals surface area contributed by atoms with Crippen LogP contribution in [0.5, 0.6) is 0 Å². The lowest BCUT2D eigenvalue weighted by molar-refractivity contribution is -0.0257. The maximum Gasteiger partial charge on any atom is 0.227 e. The van der Waals surface area contributed by atoms with Crippen LogP contribution in [-0.2, 0) is 9.84 Å². The Balaban J connectivity index is 1.38. The van der Waals surface area contributed by atoms with Gasteiger partial charge in [-0.1, -0.05) is 13.8 Å². The molecule has 0 radical (unpaired) electrons. The van der Waals surface area contributed by atoms with E-state index in [1.165, 1.54) is 18.5 Å². The number of alkyl halides is 1. The first kappa shape index (κ1) is 26.4. The van der Waals surface area contributed by atoms with Gasteiger partial charge in [-0.15, -0.1) is 0 Å². The molecule has 0 aliphatic carbocycles. The van der Waals surface area contributed by atoms with E-state index >= 15 is 0 Å². The Morgan fingerprint density at radius 2 is 1.82 bits per heavy atom. The molecule has 0 spiro atoms. The quantitative estimate of drug-likeness (QED) is 0.478. The second-order valence-electron chi connectivity index (χ2n) is 10.9. The Morgan fingerprint density at radius 3 is 2.50 bits per heavy atom. The Bertz CT molecular complexity index is 1480. The number of halogens is 3. The molecule has 0 unspecified atom stereocenters. The lowest BCUT2D eigenvalue weighted by Gasteiger charge is -2.43. The molecule has 38 heavy (non-hydrogen) atoms. The summed E-state index contributed by atoms with van der Waals surface area (Å²) in [6.07, 6.45) is 1.49. The first-order valence-electron chi connectivity index (χ1n) is 12.2. The maximum absolute atomic E-state index is 14.8. The van der Waals surface area contributed by atoms with Gasteiger partial charge in [-0.25, -0.2) is 31.6 Å². The fraction of sp³-hybridized carbons (Fsp3) is 0.480. The van der Waals surface area contributed by atoms with Gasteiger partial charge in [-0.2, -0.15) is 4.98 Å². The van der Waals surface area contributed by atoms with Crippen LogP contribution < -0.4 is 15.1 Å². The van der Waals surface area contributed by atoms with E-state index in [9.17, 15) is 26.7 Å². The molecule has 2 fully saturated rings. The smallest absolute Gasteiger partial charge is 0.227 e. The van der Waals surface area contributed by atoms with Crippen LogP contribution in [0.3, 0.4) is 0 Å². The van der Waals surface area contributed by atoms with Crippen LogP contribution >= 0.6 is 0 Å². The van der Waals surface area contributed by atoms with Crippen molar-refractivity contribution in [3.05, 3.63) is 42.2 Å². The molecule has 0 bridgehead atoms. The topological polar surface area (TPSA) is 112 Å². The molecule has 2 atom stereocenters. The lowest BCUT2D eigenvalue weighted by Crippen LogP contribution is -2.55. The number of nitrogens with one attached hydrogen (secondary N) is 1. The van der Waals surface area contributed by atoms with E-state index in [2.05, 4.69) is 20.3 Å². The summed E-state index contributed by atoms with van der Waals surface area (Å²) in [6, 6.07) is 3.84. The van der Waals surface area contributed by atoms with Crippen LogP contribution in [0.1, 0.15) is 13.8 Å². The lowest BCUT2D eigenvalue weighted by atomic mass is 9.80. The number of piperidine rings is 1. The summed E-state index contributed by atoms with van der Waals surface area (Å²) in [5, 5.41) is 13.5. The molecule has 9 nitrogen and oxygen atoms in total. The van der Waals surface area contributed by atoms with Gasteiger partial charge in [0.25, 0.3) is 0 Å². The van der Waals surface area contributed by atoms with Crippen molar-refractivity contribution in [2.75, 3.05) is 53.3 Å². The van der Waals surface area contributed by atoms with E-state index < -0.39 is 39.2 Å². The number of aliphatic hydroxyl groups is 1. The minimum atomic E-state index is -3.15. The minimum Gasteiger partial charge on any atom is -0.389 e. The van der Waals surface area contributed by atoms with E-state index in [4.69, 9.17) is 0 Å². The molecule has 0 amide bonds. The van der Waals surface area contributed by atoms with Gasteiger partial charge in [0, 0.05) is 66.5 Å². The van der Waals surface area contributed by atoms with Crippen molar-refractivity contribution in [3.63, 3.8) is 0 Å². The van der Waals surface area contributed by atoms with Gasteiger partial charge < -0.3 is 20.2 Å². The number of hydrogen-bond acceptors (Lipinski definition) is 9. The first-order chi connectivity index (χ1) is 17.8. The number of sulfone groups is 1. The fourth-order valence-corrected chi connectivity index (χ4v) is 6.27. The molecule has 5 rings (SSSR count). The zero-order chi connectivity index (χ0) is 27.4. The normalized spacial score (nSPS) is 22.0. The third-order valence-electron chi connectivity index (χ3n) is 7.03. The molecule has 0 saturated carbocycles. The fourth-order valence-electron chi connectivity index (χ4n) is 5.21. The molecule has 2 saturated heterocycles. The predicted molar refractivity (Wildman–Crippen MR) is 139 cm³/mol. The number of hydrogen-bond donors (Lipinski definition) is 2. The highest BCUT2D eigenvalue weighted by Gasteiger charge is 2.42. The molecule has 2 aromatic heterocycles. The van der Waals surface area contributed by atoms with E-state index in [0.717, 1.165) is 12.3 Å². The summed E-state index contributed by atoms with van der Waals surface area (Å²) >= 11 is 0. The zero-order valence-corrected chi connectivity index (χ0v) is 22.0. The van der Waals surface area contributed by atoms with Gasteiger partial charge in [0.2, 0.25) is 5.95 Å². The van der Waals surface area contributed by atoms with Crippen LogP contribution in [0.2, 0.25) is 0 Å². The van der Waals surface area contributed by atoms with Gasteiger partial charge in [0.15, 0.2) is 0 Å². The van der Waals surface area contributed by atoms with E-state index in [0.29, 0.717) is 25.5 Å². The summed E-state index contributed by atoms with van der Waals surface area (Å²) in [6.45, 7) is 4.54. The molecule has 2 N–H and O–H groups in total. The SMILES string of the molecule is CC1(C)CN(c2nccc(Nc3cc4c(F)cc(F)c(N5CC(CS(C)(=O)=O)C5)c4cn3)n2)C[C@H](F)[C@@H]1O. The van der Waals surface area contributed by atoms with Crippen molar-refractivity contribution < 1.29 is 26.7 Å². The summed E-state index contributed by atoms with van der Waals surface area (Å²) in [7, 11) is -3.15. The molecule has 204 valence electrons. The number of pyridine rings is 1. The van der Waals surface area contributed by atoms with Crippen molar-refractivity contribution >= 4 is 43.9 Å². The number of aliphatic hydroxyl groups excluding tert-OH is 1. The highest BCUT2D eigenvalue weighted by Crippen LogP contribution is 2.37. The standard InChI is InChI=1S/C25H29F3N6O3S/c1-25(2)13-34(11-19(28)23(25)35)24-29-5-4-20(32-24)31-21-6-15-16(8-30-21)22(18(27)7-17(15)26)33-9-14(10-33)12-38(3,36)37/h4-8,14,19,23,35H,9-13H2,1-3H3,(H,29,30,31,32)/t19-,23-/m0/s1. The van der Waals surface area contributed by atoms with Gasteiger partial charge in [0.05, 0.1) is 24.1 Å². The summed E-state index contributed by atoms with van der Waals surface area (Å²) in [5.41, 5.74) is -0.513. The third-order valence-corrected chi connectivity index (χ3v) is 8.10. The molecular formula is C25H29F3N6O3S. The largest absolute Gasteiger partial charge is 0.389 e. The van der Waals surface area contributed by atoms with Crippen LogP contribution in [0.25, 0.3) is 10.8 Å². The summed E-state index contributed by atoms with van der Waals surface area (Å²) in [5.74, 6) is -0.728. The minimum absolute atomic E-state index is 0.0129. The summed E-state index contributed by atoms with van der Waals surface area (Å²) in [4.78, 5) is 16.4. The van der Waals surface area contributed by atoms with Gasteiger partial charge in [-0.3, -0.25) is 0 Å². The van der Waals surface area contributed by atoms with Crippen molar-refractivity contribution in [3.8, 4) is 0 Å². The van der Waals surface area contributed by atoms with E-state index in [1.54, 1.807) is 29.7 Å². The number of fused-ring (bicyclic) bond motifs is 1. The Morgan fingerprint density at radius 1 is 1.08 bits per heavy atom. The summed E-state index contributed by atoms with van der Waals surface area (Å²) < 4.78 is 67.1. The van der Waals surface area contributed by atoms with Gasteiger partial charge in [0.1, 0.15) is 39.3 Å². The van der Waals surface area contributed by atoms with Crippen LogP contribution in [0, 0.1) is 23.0 Å². The van der Waals surface area contributed by atoms with Gasteiger partial charge >= 0.3 is 0 Å². The second-order valence-corrected chi connectivity index (χ2v) is 13.0. The number of rotatable bonds is 6. The molecule has 1 aromatic carbocycles. The number of nitrogens with zero attached hydrogens (tertiary/aromatic N) is 5. The van der Waals surface area contributed by atoms with Gasteiger partial charge in [-0.05, 0) is 12.1 Å². The van der Waals surface area contributed by atoms with Crippen molar-refractivity contribution in [1.29, 1.82) is 0 Å². The first-order valence-corrected chi connectivity index (χ1v) is 14.2. The average molecular weight is 551 g/mol. The van der Waals surface area contributed by atoms with Crippen LogP contribution in [0.15, 0.2) is 30.6 Å². The van der Waals surface area contributed by atoms with Crippen molar-refractivity contribution in [2.24, 2.45) is 11.3 Å². The molecule has 13 heteroatoms. The third kappa shape index (κ3) is 5.21.